The highest BCUT2D eigenvalue weighted by Crippen LogP contribution is 2.16. The molecule has 0 unspecified atom stereocenters. The van der Waals surface area contributed by atoms with Gasteiger partial charge < -0.3 is 14.2 Å². The van der Waals surface area contributed by atoms with Crippen molar-refractivity contribution in [2.24, 2.45) is 0 Å². The summed E-state index contributed by atoms with van der Waals surface area (Å²) < 4.78 is 16.9. The maximum Gasteiger partial charge on any atom is 0.306 e. The van der Waals surface area contributed by atoms with E-state index in [0.717, 1.165) is 96.3 Å². The highest BCUT2D eigenvalue weighted by atomic mass is 16.6. The van der Waals surface area contributed by atoms with E-state index in [1.54, 1.807) is 0 Å². The molecule has 1 atom stereocenters. The van der Waals surface area contributed by atoms with Gasteiger partial charge in [-0.25, -0.2) is 0 Å². The second kappa shape index (κ2) is 61.1. The molecular formula is C67H116O6. The van der Waals surface area contributed by atoms with Crippen molar-refractivity contribution in [1.29, 1.82) is 0 Å². The van der Waals surface area contributed by atoms with Crippen LogP contribution >= 0.6 is 0 Å². The van der Waals surface area contributed by atoms with E-state index < -0.39 is 6.10 Å². The molecule has 0 radical (unpaired) electrons. The zero-order valence-electron chi connectivity index (χ0n) is 48.1. The Hall–Kier alpha value is -3.41. The number of hydrogen-bond acceptors (Lipinski definition) is 6. The summed E-state index contributed by atoms with van der Waals surface area (Å²) >= 11 is 0. The zero-order valence-corrected chi connectivity index (χ0v) is 48.1. The largest absolute Gasteiger partial charge is 0.462 e. The minimum Gasteiger partial charge on any atom is -0.462 e. The van der Waals surface area contributed by atoms with Gasteiger partial charge in [-0.3, -0.25) is 14.4 Å². The van der Waals surface area contributed by atoms with Crippen LogP contribution in [0.1, 0.15) is 303 Å². The third-order valence-corrected chi connectivity index (χ3v) is 13.4. The number of allylic oxidation sites excluding steroid dienone is 14. The summed E-state index contributed by atoms with van der Waals surface area (Å²) in [6.07, 6.45) is 80.0. The fraction of sp³-hybridized carbons (Fsp3) is 0.746. The average molecular weight is 1020 g/mol. The quantitative estimate of drug-likeness (QED) is 0.0261. The Labute approximate surface area is 452 Å². The van der Waals surface area contributed by atoms with Gasteiger partial charge in [-0.15, -0.1) is 0 Å². The first-order valence-electron chi connectivity index (χ1n) is 31.1. The van der Waals surface area contributed by atoms with Crippen LogP contribution in [0.25, 0.3) is 0 Å². The Bertz CT molecular complexity index is 1400. The van der Waals surface area contributed by atoms with Gasteiger partial charge in [-0.05, 0) is 116 Å². The number of ether oxygens (including phenoxy) is 3. The van der Waals surface area contributed by atoms with Crippen LogP contribution in [-0.2, 0) is 28.6 Å². The molecule has 0 saturated carbocycles. The lowest BCUT2D eigenvalue weighted by atomic mass is 10.1. The second-order valence-electron chi connectivity index (χ2n) is 20.6. The number of hydrogen-bond donors (Lipinski definition) is 0. The highest BCUT2D eigenvalue weighted by Gasteiger charge is 2.19. The molecule has 0 rings (SSSR count). The van der Waals surface area contributed by atoms with Gasteiger partial charge in [0.15, 0.2) is 6.10 Å². The van der Waals surface area contributed by atoms with Crippen LogP contribution in [0.15, 0.2) is 85.1 Å². The first kappa shape index (κ1) is 69.6. The predicted octanol–water partition coefficient (Wildman–Crippen LogP) is 21.1. The van der Waals surface area contributed by atoms with Crippen molar-refractivity contribution in [2.75, 3.05) is 13.2 Å². The number of carbonyl (C=O) groups excluding carboxylic acids is 3. The molecule has 0 N–H and O–H groups in total. The van der Waals surface area contributed by atoms with Crippen LogP contribution < -0.4 is 0 Å². The van der Waals surface area contributed by atoms with E-state index >= 15 is 0 Å². The fourth-order valence-corrected chi connectivity index (χ4v) is 8.69. The van der Waals surface area contributed by atoms with Gasteiger partial charge in [-0.2, -0.15) is 0 Å². The highest BCUT2D eigenvalue weighted by molar-refractivity contribution is 5.71. The van der Waals surface area contributed by atoms with E-state index in [4.69, 9.17) is 14.2 Å². The van der Waals surface area contributed by atoms with Crippen molar-refractivity contribution in [1.82, 2.24) is 0 Å². The van der Waals surface area contributed by atoms with Crippen molar-refractivity contribution in [3.8, 4) is 0 Å². The normalized spacial score (nSPS) is 12.6. The van der Waals surface area contributed by atoms with Gasteiger partial charge in [-0.1, -0.05) is 254 Å². The van der Waals surface area contributed by atoms with Gasteiger partial charge in [0.05, 0.1) is 0 Å². The van der Waals surface area contributed by atoms with Crippen molar-refractivity contribution in [3.05, 3.63) is 85.1 Å². The topological polar surface area (TPSA) is 78.9 Å². The third-order valence-electron chi connectivity index (χ3n) is 13.4. The molecule has 0 aromatic rings. The summed E-state index contributed by atoms with van der Waals surface area (Å²) in [5, 5.41) is 0. The summed E-state index contributed by atoms with van der Waals surface area (Å²) in [7, 11) is 0. The predicted molar refractivity (Wildman–Crippen MR) is 316 cm³/mol. The third kappa shape index (κ3) is 59.3. The van der Waals surface area contributed by atoms with Crippen LogP contribution in [-0.4, -0.2) is 37.2 Å². The molecule has 0 fully saturated rings. The van der Waals surface area contributed by atoms with Crippen LogP contribution in [0.2, 0.25) is 0 Å². The number of unbranched alkanes of at least 4 members (excludes halogenated alkanes) is 31. The van der Waals surface area contributed by atoms with Crippen molar-refractivity contribution < 1.29 is 28.6 Å². The Morgan fingerprint density at radius 2 is 0.534 bits per heavy atom. The fourth-order valence-electron chi connectivity index (χ4n) is 8.69. The first-order valence-corrected chi connectivity index (χ1v) is 31.1. The molecule has 0 aliphatic rings. The van der Waals surface area contributed by atoms with Crippen LogP contribution in [0.3, 0.4) is 0 Å². The molecule has 0 aliphatic carbocycles. The number of esters is 3. The Balaban J connectivity index is 4.44. The van der Waals surface area contributed by atoms with Crippen LogP contribution in [0.4, 0.5) is 0 Å². The first-order chi connectivity index (χ1) is 36.0. The molecule has 0 heterocycles. The van der Waals surface area contributed by atoms with E-state index in [9.17, 15) is 14.4 Å². The Kier molecular flexibility index (Phi) is 58.3. The zero-order chi connectivity index (χ0) is 52.9. The van der Waals surface area contributed by atoms with Gasteiger partial charge >= 0.3 is 17.9 Å². The summed E-state index contributed by atoms with van der Waals surface area (Å²) in [4.78, 5) is 38.3. The number of carbonyl (C=O) groups is 3. The van der Waals surface area contributed by atoms with Crippen molar-refractivity contribution in [3.63, 3.8) is 0 Å². The monoisotopic (exact) mass is 1020 g/mol. The van der Waals surface area contributed by atoms with E-state index in [-0.39, 0.29) is 31.1 Å². The van der Waals surface area contributed by atoms with Crippen LogP contribution in [0.5, 0.6) is 0 Å². The minimum atomic E-state index is -0.795. The average Bonchev–Trinajstić information content (AvgIpc) is 3.39. The van der Waals surface area contributed by atoms with Gasteiger partial charge in [0.25, 0.3) is 0 Å². The van der Waals surface area contributed by atoms with Crippen molar-refractivity contribution >= 4 is 17.9 Å². The molecule has 420 valence electrons. The number of rotatable bonds is 56. The summed E-state index contributed by atoms with van der Waals surface area (Å²) in [6.45, 7) is 6.51. The molecule has 6 nitrogen and oxygen atoms in total. The maximum absolute atomic E-state index is 12.9. The molecule has 0 aromatic heterocycles. The molecule has 6 heteroatoms. The summed E-state index contributed by atoms with van der Waals surface area (Å²) in [5.41, 5.74) is 0. The van der Waals surface area contributed by atoms with E-state index in [2.05, 4.69) is 106 Å². The van der Waals surface area contributed by atoms with Gasteiger partial charge in [0.1, 0.15) is 13.2 Å². The Morgan fingerprint density at radius 3 is 0.863 bits per heavy atom. The molecular weight excluding hydrogens is 901 g/mol. The smallest absolute Gasteiger partial charge is 0.306 e. The molecule has 0 amide bonds. The molecule has 0 spiro atoms. The second-order valence-corrected chi connectivity index (χ2v) is 20.6. The SMILES string of the molecule is CC/C=C/C/C=C/C/C=C/C/C=C/C/C=C/CCCCCC(=O)OC[C@@H](COC(=O)CCCCCCCCC/C=C/CCCCCCCC)OC(=O)CCCCCCCCCCC/C=C/CCCCCCCC. The minimum absolute atomic E-state index is 0.0893. The standard InChI is InChI=1S/C67H116O6/c1-4-7-10-13-16-19-22-25-28-31-33-36-39-42-45-48-51-54-57-60-66(69)72-63-64(62-71-65(68)59-56-53-50-47-44-41-38-35-30-27-24-21-18-15-12-9-6-3)73-67(70)61-58-55-52-49-46-43-40-37-34-32-29-26-23-20-17-14-11-8-5-2/h7,10,16,19,25-30,33,36,42,45,64H,4-6,8-9,11-15,17-18,20-24,31-32,34-35,37-41,43-44,46-63H2,1-3H3/b10-7+,19-16+,28-25+,29-26+,30-27+,36-33+,45-42+/t64-/m1/s1. The van der Waals surface area contributed by atoms with Gasteiger partial charge in [0.2, 0.25) is 0 Å². The lowest BCUT2D eigenvalue weighted by Gasteiger charge is -2.18. The van der Waals surface area contributed by atoms with E-state index in [0.29, 0.717) is 19.3 Å². The Morgan fingerprint density at radius 1 is 0.288 bits per heavy atom. The maximum atomic E-state index is 12.9. The summed E-state index contributed by atoms with van der Waals surface area (Å²) in [6, 6.07) is 0. The van der Waals surface area contributed by atoms with Crippen molar-refractivity contribution in [2.45, 2.75) is 309 Å². The molecule has 0 aliphatic heterocycles. The molecule has 0 aromatic carbocycles. The van der Waals surface area contributed by atoms with E-state index in [1.807, 2.05) is 0 Å². The lowest BCUT2D eigenvalue weighted by molar-refractivity contribution is -0.167. The molecule has 73 heavy (non-hydrogen) atoms. The molecule has 0 saturated heterocycles. The van der Waals surface area contributed by atoms with Gasteiger partial charge in [0, 0.05) is 19.3 Å². The molecule has 0 bridgehead atoms. The summed E-state index contributed by atoms with van der Waals surface area (Å²) in [5.74, 6) is -0.918. The van der Waals surface area contributed by atoms with Crippen LogP contribution in [0, 0.1) is 0 Å². The van der Waals surface area contributed by atoms with E-state index in [1.165, 1.54) is 167 Å². The lowest BCUT2D eigenvalue weighted by Crippen LogP contribution is -2.30.